The lowest BCUT2D eigenvalue weighted by Crippen LogP contribution is -2.16. The standard InChI is InChI=1S/C13H15NO5/c1-4-19-13(18)9-5-6-10(14-8(3)15)7(2)11(9)12(16)17/h5-6H,4H2,1-3H3,(H,14,15)(H,16,17). The first-order valence-electron chi connectivity index (χ1n) is 5.70. The molecule has 0 bridgehead atoms. The fourth-order valence-corrected chi connectivity index (χ4v) is 1.69. The molecule has 1 rings (SSSR count). The average molecular weight is 265 g/mol. The Labute approximate surface area is 110 Å². The highest BCUT2D eigenvalue weighted by Crippen LogP contribution is 2.23. The summed E-state index contributed by atoms with van der Waals surface area (Å²) in [5.41, 5.74) is 0.483. The molecule has 0 saturated carbocycles. The molecular weight excluding hydrogens is 250 g/mol. The summed E-state index contributed by atoms with van der Waals surface area (Å²) in [5.74, 6) is -2.26. The monoisotopic (exact) mass is 265 g/mol. The van der Waals surface area contributed by atoms with E-state index < -0.39 is 11.9 Å². The van der Waals surface area contributed by atoms with Gasteiger partial charge in [0.25, 0.3) is 0 Å². The van der Waals surface area contributed by atoms with E-state index in [2.05, 4.69) is 5.32 Å². The highest BCUT2D eigenvalue weighted by Gasteiger charge is 2.22. The molecule has 1 aromatic rings. The van der Waals surface area contributed by atoms with E-state index in [1.54, 1.807) is 6.92 Å². The zero-order chi connectivity index (χ0) is 14.6. The first kappa shape index (κ1) is 14.7. The molecule has 0 unspecified atom stereocenters. The predicted octanol–water partition coefficient (Wildman–Crippen LogP) is 1.83. The lowest BCUT2D eigenvalue weighted by atomic mass is 10.00. The number of carbonyl (C=O) groups is 3. The molecule has 0 saturated heterocycles. The van der Waals surface area contributed by atoms with Gasteiger partial charge < -0.3 is 15.2 Å². The van der Waals surface area contributed by atoms with Gasteiger partial charge in [0.15, 0.2) is 0 Å². The van der Waals surface area contributed by atoms with Crippen LogP contribution in [0.4, 0.5) is 5.69 Å². The van der Waals surface area contributed by atoms with Crippen LogP contribution in [-0.2, 0) is 9.53 Å². The largest absolute Gasteiger partial charge is 0.478 e. The Morgan fingerprint density at radius 2 is 1.95 bits per heavy atom. The van der Waals surface area contributed by atoms with Crippen molar-refractivity contribution >= 4 is 23.5 Å². The van der Waals surface area contributed by atoms with Crippen LogP contribution in [0, 0.1) is 6.92 Å². The number of ether oxygens (including phenoxy) is 1. The van der Waals surface area contributed by atoms with Crippen LogP contribution in [0.1, 0.15) is 40.1 Å². The van der Waals surface area contributed by atoms with Gasteiger partial charge in [0, 0.05) is 12.6 Å². The Balaban J connectivity index is 3.35. The van der Waals surface area contributed by atoms with Gasteiger partial charge in [0.05, 0.1) is 17.7 Å². The summed E-state index contributed by atoms with van der Waals surface area (Å²) < 4.78 is 4.81. The minimum Gasteiger partial charge on any atom is -0.478 e. The van der Waals surface area contributed by atoms with E-state index in [-0.39, 0.29) is 23.6 Å². The molecule has 1 amide bonds. The fraction of sp³-hybridized carbons (Fsp3) is 0.308. The molecular formula is C13H15NO5. The van der Waals surface area contributed by atoms with Crippen LogP contribution in [-0.4, -0.2) is 29.6 Å². The molecule has 6 nitrogen and oxygen atoms in total. The zero-order valence-corrected chi connectivity index (χ0v) is 10.9. The number of hydrogen-bond donors (Lipinski definition) is 2. The van der Waals surface area contributed by atoms with Crippen molar-refractivity contribution in [2.45, 2.75) is 20.8 Å². The van der Waals surface area contributed by atoms with Gasteiger partial charge in [0.2, 0.25) is 5.91 Å². The van der Waals surface area contributed by atoms with Gasteiger partial charge in [-0.3, -0.25) is 4.79 Å². The van der Waals surface area contributed by atoms with Gasteiger partial charge >= 0.3 is 11.9 Å². The number of amides is 1. The molecule has 0 heterocycles. The minimum atomic E-state index is -1.24. The lowest BCUT2D eigenvalue weighted by Gasteiger charge is -2.13. The second-order valence-electron chi connectivity index (χ2n) is 3.87. The van der Waals surface area contributed by atoms with E-state index in [9.17, 15) is 19.5 Å². The van der Waals surface area contributed by atoms with Crippen molar-refractivity contribution in [1.82, 2.24) is 0 Å². The SMILES string of the molecule is CCOC(=O)c1ccc(NC(C)=O)c(C)c1C(=O)O. The molecule has 1 aromatic carbocycles. The molecule has 6 heteroatoms. The Kier molecular flexibility index (Phi) is 4.63. The third-order valence-corrected chi connectivity index (χ3v) is 2.48. The molecule has 0 radical (unpaired) electrons. The summed E-state index contributed by atoms with van der Waals surface area (Å²) in [7, 11) is 0. The first-order chi connectivity index (χ1) is 8.88. The number of rotatable bonds is 4. The van der Waals surface area contributed by atoms with Crippen LogP contribution < -0.4 is 5.32 Å². The summed E-state index contributed by atoms with van der Waals surface area (Å²) >= 11 is 0. The highest BCUT2D eigenvalue weighted by atomic mass is 16.5. The van der Waals surface area contributed by atoms with Gasteiger partial charge in [0.1, 0.15) is 0 Å². The lowest BCUT2D eigenvalue weighted by molar-refractivity contribution is -0.114. The van der Waals surface area contributed by atoms with Gasteiger partial charge in [-0.2, -0.15) is 0 Å². The second kappa shape index (κ2) is 5.99. The Morgan fingerprint density at radius 3 is 2.42 bits per heavy atom. The van der Waals surface area contributed by atoms with E-state index in [1.807, 2.05) is 0 Å². The van der Waals surface area contributed by atoms with Crippen molar-refractivity contribution in [2.75, 3.05) is 11.9 Å². The van der Waals surface area contributed by atoms with E-state index in [0.29, 0.717) is 11.3 Å². The molecule has 0 aliphatic heterocycles. The number of carboxylic acids is 1. The van der Waals surface area contributed by atoms with Crippen LogP contribution in [0.15, 0.2) is 12.1 Å². The second-order valence-corrected chi connectivity index (χ2v) is 3.87. The van der Waals surface area contributed by atoms with Crippen molar-refractivity contribution in [3.8, 4) is 0 Å². The van der Waals surface area contributed by atoms with Crippen molar-refractivity contribution in [2.24, 2.45) is 0 Å². The first-order valence-corrected chi connectivity index (χ1v) is 5.70. The minimum absolute atomic E-state index is 0.0269. The molecule has 19 heavy (non-hydrogen) atoms. The van der Waals surface area contributed by atoms with E-state index in [0.717, 1.165) is 0 Å². The molecule has 102 valence electrons. The van der Waals surface area contributed by atoms with Gasteiger partial charge in [-0.05, 0) is 31.5 Å². The van der Waals surface area contributed by atoms with Gasteiger partial charge in [-0.15, -0.1) is 0 Å². The van der Waals surface area contributed by atoms with Crippen LogP contribution in [0.25, 0.3) is 0 Å². The van der Waals surface area contributed by atoms with Crippen LogP contribution in [0.5, 0.6) is 0 Å². The number of carbonyl (C=O) groups excluding carboxylic acids is 2. The third kappa shape index (κ3) is 3.31. The van der Waals surface area contributed by atoms with Crippen molar-refractivity contribution in [3.63, 3.8) is 0 Å². The summed E-state index contributed by atoms with van der Waals surface area (Å²) in [6, 6.07) is 2.81. The number of esters is 1. The molecule has 0 atom stereocenters. The maximum Gasteiger partial charge on any atom is 0.339 e. The van der Waals surface area contributed by atoms with E-state index in [1.165, 1.54) is 26.0 Å². The molecule has 0 spiro atoms. The number of nitrogens with one attached hydrogen (secondary N) is 1. The van der Waals surface area contributed by atoms with Crippen LogP contribution >= 0.6 is 0 Å². The Bertz CT molecular complexity index is 536. The number of aromatic carboxylic acids is 1. The molecule has 0 fully saturated rings. The Morgan fingerprint density at radius 1 is 1.32 bits per heavy atom. The Hall–Kier alpha value is -2.37. The number of anilines is 1. The fourth-order valence-electron chi connectivity index (χ4n) is 1.69. The smallest absolute Gasteiger partial charge is 0.339 e. The van der Waals surface area contributed by atoms with Crippen molar-refractivity contribution < 1.29 is 24.2 Å². The molecule has 0 aliphatic carbocycles. The van der Waals surface area contributed by atoms with Crippen molar-refractivity contribution in [3.05, 3.63) is 28.8 Å². The predicted molar refractivity (Wildman–Crippen MR) is 68.4 cm³/mol. The summed E-state index contributed by atoms with van der Waals surface area (Å²) in [6.07, 6.45) is 0. The molecule has 0 aliphatic rings. The topological polar surface area (TPSA) is 92.7 Å². The maximum absolute atomic E-state index is 11.7. The summed E-state index contributed by atoms with van der Waals surface area (Å²) in [5, 5.41) is 11.7. The molecule has 2 N–H and O–H groups in total. The number of hydrogen-bond acceptors (Lipinski definition) is 4. The van der Waals surface area contributed by atoms with Gasteiger partial charge in [-0.25, -0.2) is 9.59 Å². The maximum atomic E-state index is 11.7. The van der Waals surface area contributed by atoms with Crippen LogP contribution in [0.3, 0.4) is 0 Å². The van der Waals surface area contributed by atoms with Gasteiger partial charge in [-0.1, -0.05) is 0 Å². The number of carboxylic acid groups (broad SMARTS) is 1. The highest BCUT2D eigenvalue weighted by molar-refractivity contribution is 6.05. The number of benzene rings is 1. The summed E-state index contributed by atoms with van der Waals surface area (Å²) in [4.78, 5) is 34.0. The van der Waals surface area contributed by atoms with E-state index in [4.69, 9.17) is 4.74 Å². The van der Waals surface area contributed by atoms with E-state index >= 15 is 0 Å². The third-order valence-electron chi connectivity index (χ3n) is 2.48. The summed E-state index contributed by atoms with van der Waals surface area (Å²) in [6.45, 7) is 4.64. The normalized spacial score (nSPS) is 9.84. The zero-order valence-electron chi connectivity index (χ0n) is 10.9. The average Bonchev–Trinajstić information content (AvgIpc) is 2.30. The van der Waals surface area contributed by atoms with Crippen molar-refractivity contribution in [1.29, 1.82) is 0 Å². The quantitative estimate of drug-likeness (QED) is 0.810. The molecule has 0 aromatic heterocycles. The van der Waals surface area contributed by atoms with Crippen LogP contribution in [0.2, 0.25) is 0 Å².